The monoisotopic (exact) mass is 964 g/mol. The molecule has 9 heteroatoms. The van der Waals surface area contributed by atoms with Gasteiger partial charge >= 0.3 is 13.8 Å². The molecule has 0 heterocycles. The van der Waals surface area contributed by atoms with Crippen LogP contribution in [0.3, 0.4) is 0 Å². The minimum Gasteiger partial charge on any atom is -0.457 e. The Balaban J connectivity index is 3.86. The lowest BCUT2D eigenvalue weighted by atomic mass is 10.0. The van der Waals surface area contributed by atoms with E-state index in [2.05, 4.69) is 62.5 Å². The van der Waals surface area contributed by atoms with Gasteiger partial charge in [0, 0.05) is 19.6 Å². The Labute approximate surface area is 415 Å². The third-order valence-electron chi connectivity index (χ3n) is 12.5. The van der Waals surface area contributed by atoms with Gasteiger partial charge in [-0.2, -0.15) is 0 Å². The van der Waals surface area contributed by atoms with Gasteiger partial charge in [0.25, 0.3) is 0 Å². The Kier molecular flexibility index (Phi) is 54.1. The second-order valence-electron chi connectivity index (χ2n) is 19.1. The molecule has 0 aliphatic heterocycles. The average Bonchev–Trinajstić information content (AvgIpc) is 3.32. The molecule has 0 amide bonds. The van der Waals surface area contributed by atoms with Crippen LogP contribution in [0.2, 0.25) is 0 Å². The number of carbonyl (C=O) groups is 1. The van der Waals surface area contributed by atoms with Gasteiger partial charge in [-0.3, -0.25) is 13.8 Å². The first kappa shape index (κ1) is 65.5. The van der Waals surface area contributed by atoms with E-state index < -0.39 is 13.9 Å². The summed E-state index contributed by atoms with van der Waals surface area (Å²) in [6.07, 6.45) is 68.8. The number of hydrogen-bond donors (Lipinski definition) is 2. The summed E-state index contributed by atoms with van der Waals surface area (Å²) in [5.74, 6) is -0.325. The van der Waals surface area contributed by atoms with Gasteiger partial charge in [-0.15, -0.1) is 0 Å². The topological polar surface area (TPSA) is 117 Å². The van der Waals surface area contributed by atoms with Crippen LogP contribution in [-0.4, -0.2) is 49.9 Å². The molecule has 67 heavy (non-hydrogen) atoms. The second-order valence-corrected chi connectivity index (χ2v) is 20.6. The van der Waals surface area contributed by atoms with Crippen LogP contribution >= 0.6 is 7.82 Å². The van der Waals surface area contributed by atoms with Gasteiger partial charge in [0.2, 0.25) is 0 Å². The number of carbonyl (C=O) groups excluding carboxylic acids is 1. The molecule has 0 radical (unpaired) electrons. The number of unbranched alkanes of at least 4 members (excludes halogenated alkanes) is 34. The van der Waals surface area contributed by atoms with Gasteiger partial charge < -0.3 is 20.1 Å². The van der Waals surface area contributed by atoms with Crippen molar-refractivity contribution in [1.29, 1.82) is 0 Å². The molecular formula is C58H110NO7P. The van der Waals surface area contributed by atoms with E-state index in [4.69, 9.17) is 24.3 Å². The molecule has 2 atom stereocenters. The minimum absolute atomic E-state index is 0.0952. The van der Waals surface area contributed by atoms with E-state index in [0.29, 0.717) is 13.0 Å². The zero-order chi connectivity index (χ0) is 48.7. The van der Waals surface area contributed by atoms with Crippen LogP contribution in [0.15, 0.2) is 48.6 Å². The summed E-state index contributed by atoms with van der Waals surface area (Å²) in [5, 5.41) is 0. The molecule has 0 aromatic rings. The Morgan fingerprint density at radius 3 is 1.25 bits per heavy atom. The highest BCUT2D eigenvalue weighted by molar-refractivity contribution is 7.47. The maximum Gasteiger partial charge on any atom is 0.472 e. The Bertz CT molecular complexity index is 1170. The van der Waals surface area contributed by atoms with Crippen LogP contribution in [0.1, 0.15) is 277 Å². The number of phosphoric ester groups is 1. The van der Waals surface area contributed by atoms with Crippen molar-refractivity contribution in [1.82, 2.24) is 0 Å². The van der Waals surface area contributed by atoms with Crippen LogP contribution < -0.4 is 5.73 Å². The average molecular weight is 964 g/mol. The van der Waals surface area contributed by atoms with E-state index >= 15 is 0 Å². The molecule has 2 unspecified atom stereocenters. The fourth-order valence-corrected chi connectivity index (χ4v) is 9.11. The van der Waals surface area contributed by atoms with E-state index in [-0.39, 0.29) is 32.3 Å². The van der Waals surface area contributed by atoms with Gasteiger partial charge in [0.1, 0.15) is 6.10 Å². The summed E-state index contributed by atoms with van der Waals surface area (Å²) in [6, 6.07) is 0. The molecule has 8 nitrogen and oxygen atoms in total. The highest BCUT2D eigenvalue weighted by atomic mass is 31.2. The third-order valence-corrected chi connectivity index (χ3v) is 13.5. The molecule has 0 saturated heterocycles. The molecule has 0 spiro atoms. The molecule has 0 saturated carbocycles. The van der Waals surface area contributed by atoms with Crippen LogP contribution in [0.25, 0.3) is 0 Å². The summed E-state index contributed by atoms with van der Waals surface area (Å²) in [4.78, 5) is 22.7. The van der Waals surface area contributed by atoms with Gasteiger partial charge in [-0.25, -0.2) is 4.57 Å². The number of allylic oxidation sites excluding steroid dienone is 8. The molecule has 0 aliphatic carbocycles. The fourth-order valence-electron chi connectivity index (χ4n) is 8.34. The van der Waals surface area contributed by atoms with Crippen molar-refractivity contribution in [3.05, 3.63) is 48.6 Å². The zero-order valence-electron chi connectivity index (χ0n) is 44.1. The number of hydrogen-bond acceptors (Lipinski definition) is 7. The molecular weight excluding hydrogens is 854 g/mol. The Hall–Kier alpha value is -1.54. The van der Waals surface area contributed by atoms with Crippen LogP contribution in [-0.2, 0) is 27.9 Å². The maximum absolute atomic E-state index is 12.7. The molecule has 0 aromatic heterocycles. The fraction of sp³-hybridized carbons (Fsp3) is 0.845. The van der Waals surface area contributed by atoms with Crippen LogP contribution in [0.4, 0.5) is 0 Å². The summed E-state index contributed by atoms with van der Waals surface area (Å²) < 4.78 is 33.7. The first-order valence-corrected chi connectivity index (χ1v) is 30.1. The van der Waals surface area contributed by atoms with Crippen molar-refractivity contribution in [3.63, 3.8) is 0 Å². The standard InChI is InChI=1S/C58H110NO7P/c1-3-5-7-9-11-13-15-17-19-21-23-25-27-29-31-33-35-37-39-41-43-45-47-49-51-58(60)66-57(56-65-67(61,62)64-54-52-59)55-63-53-50-48-46-44-42-40-38-36-34-32-30-28-26-24-22-20-18-16-14-12-10-8-6-4-2/h6,8,12,14,18,20,24,26,57H,3-5,7,9-11,13,15-17,19,21-23,25,27-56,59H2,1-2H3,(H,61,62)/b8-6-,14-12-,20-18-,26-24-. The van der Waals surface area contributed by atoms with Crippen molar-refractivity contribution in [3.8, 4) is 0 Å². The Morgan fingerprint density at radius 2 is 0.836 bits per heavy atom. The summed E-state index contributed by atoms with van der Waals surface area (Å²) in [5.41, 5.74) is 5.40. The molecule has 0 fully saturated rings. The quantitative estimate of drug-likeness (QED) is 0.0268. The van der Waals surface area contributed by atoms with Gasteiger partial charge in [0.05, 0.1) is 19.8 Å². The molecule has 0 aliphatic rings. The van der Waals surface area contributed by atoms with Crippen molar-refractivity contribution in [2.24, 2.45) is 5.73 Å². The molecule has 3 N–H and O–H groups in total. The predicted octanol–water partition coefficient (Wildman–Crippen LogP) is 18.3. The molecule has 0 bridgehead atoms. The van der Waals surface area contributed by atoms with Crippen molar-refractivity contribution >= 4 is 13.8 Å². The first-order chi connectivity index (χ1) is 32.9. The highest BCUT2D eigenvalue weighted by Crippen LogP contribution is 2.43. The Morgan fingerprint density at radius 1 is 0.463 bits per heavy atom. The van der Waals surface area contributed by atoms with E-state index in [1.165, 1.54) is 199 Å². The first-order valence-electron chi connectivity index (χ1n) is 28.6. The van der Waals surface area contributed by atoms with E-state index in [9.17, 15) is 14.3 Å². The predicted molar refractivity (Wildman–Crippen MR) is 289 cm³/mol. The van der Waals surface area contributed by atoms with Gasteiger partial charge in [-0.05, 0) is 51.4 Å². The maximum atomic E-state index is 12.7. The minimum atomic E-state index is -4.29. The largest absolute Gasteiger partial charge is 0.472 e. The number of rotatable bonds is 55. The lowest BCUT2D eigenvalue weighted by molar-refractivity contribution is -0.154. The normalized spacial score (nSPS) is 13.6. The SMILES string of the molecule is CC/C=C\C/C=C\C/C=C\C/C=C\CCCCCCCCCCCCCOCC(COP(=O)(O)OCCN)OC(=O)CCCCCCCCCCCCCCCCCCCCCCCCCC. The van der Waals surface area contributed by atoms with E-state index in [1.807, 2.05) is 0 Å². The number of esters is 1. The molecule has 0 rings (SSSR count). The number of ether oxygens (including phenoxy) is 2. The lowest BCUT2D eigenvalue weighted by Crippen LogP contribution is -2.28. The number of nitrogens with two attached hydrogens (primary N) is 1. The third kappa shape index (κ3) is 55.3. The van der Waals surface area contributed by atoms with Crippen LogP contribution in [0, 0.1) is 0 Å². The number of phosphoric acid groups is 1. The summed E-state index contributed by atoms with van der Waals surface area (Å²) in [7, 11) is -4.29. The van der Waals surface area contributed by atoms with Crippen molar-refractivity contribution in [2.45, 2.75) is 283 Å². The summed E-state index contributed by atoms with van der Waals surface area (Å²) >= 11 is 0. The van der Waals surface area contributed by atoms with E-state index in [1.54, 1.807) is 0 Å². The smallest absolute Gasteiger partial charge is 0.457 e. The molecule has 394 valence electrons. The van der Waals surface area contributed by atoms with Gasteiger partial charge in [0.15, 0.2) is 0 Å². The lowest BCUT2D eigenvalue weighted by Gasteiger charge is -2.20. The zero-order valence-corrected chi connectivity index (χ0v) is 45.0. The van der Waals surface area contributed by atoms with Crippen molar-refractivity contribution in [2.75, 3.05) is 33.0 Å². The second kappa shape index (κ2) is 55.4. The summed E-state index contributed by atoms with van der Waals surface area (Å²) in [6.45, 7) is 4.86. The van der Waals surface area contributed by atoms with Gasteiger partial charge in [-0.1, -0.05) is 268 Å². The van der Waals surface area contributed by atoms with Crippen LogP contribution in [0.5, 0.6) is 0 Å². The highest BCUT2D eigenvalue weighted by Gasteiger charge is 2.25. The van der Waals surface area contributed by atoms with E-state index in [0.717, 1.165) is 57.8 Å². The molecule has 0 aromatic carbocycles. The van der Waals surface area contributed by atoms with Crippen molar-refractivity contribution < 1.29 is 32.8 Å².